The summed E-state index contributed by atoms with van der Waals surface area (Å²) < 4.78 is 0.841. The fraction of sp³-hybridized carbons (Fsp3) is 0.333. The second-order valence-corrected chi connectivity index (χ2v) is 3.13. The zero-order valence-corrected chi connectivity index (χ0v) is 9.64. The highest BCUT2D eigenvalue weighted by Crippen LogP contribution is 2.15. The third kappa shape index (κ3) is 3.55. The van der Waals surface area contributed by atoms with Gasteiger partial charge in [-0.1, -0.05) is 13.8 Å². The molecule has 4 heteroatoms. The first-order valence-electron chi connectivity index (χ1n) is 4.08. The Kier molecular flexibility index (Phi) is 5.30. The largest absolute Gasteiger partial charge is 0.383 e. The molecule has 3 nitrogen and oxygen atoms in total. The molecule has 3 N–H and O–H groups in total. The lowest BCUT2D eigenvalue weighted by Gasteiger charge is -2.01. The number of aromatic nitrogens is 1. The van der Waals surface area contributed by atoms with Crippen molar-refractivity contribution in [2.24, 2.45) is 0 Å². The zero-order chi connectivity index (χ0) is 10.4. The number of rotatable bonds is 1. The van der Waals surface area contributed by atoms with Crippen molar-refractivity contribution in [2.75, 3.05) is 5.73 Å². The quantitative estimate of drug-likeness (QED) is 0.746. The molecule has 1 heterocycles. The smallest absolute Gasteiger partial charge is 0.132 e. The van der Waals surface area contributed by atoms with Crippen molar-refractivity contribution in [1.29, 1.82) is 5.41 Å². The monoisotopic (exact) mass is 243 g/mol. The average molecular weight is 244 g/mol. The summed E-state index contributed by atoms with van der Waals surface area (Å²) in [5.41, 5.74) is 6.62. The normalized spacial score (nSPS) is 8.62. The fourth-order valence-corrected chi connectivity index (χ4v) is 1.08. The average Bonchev–Trinajstić information content (AvgIpc) is 2.12. The van der Waals surface area contributed by atoms with Crippen LogP contribution < -0.4 is 5.73 Å². The van der Waals surface area contributed by atoms with Crippen LogP contribution in [0.4, 0.5) is 5.82 Å². The van der Waals surface area contributed by atoms with Gasteiger partial charge < -0.3 is 11.1 Å². The van der Waals surface area contributed by atoms with Crippen LogP contribution in [0.25, 0.3) is 0 Å². The Labute approximate surface area is 87.0 Å². The number of halogens is 1. The Morgan fingerprint density at radius 2 is 2.08 bits per heavy atom. The van der Waals surface area contributed by atoms with Gasteiger partial charge in [0, 0.05) is 21.9 Å². The van der Waals surface area contributed by atoms with E-state index in [1.54, 1.807) is 19.2 Å². The summed E-state index contributed by atoms with van der Waals surface area (Å²) in [6.45, 7) is 5.68. The lowest BCUT2D eigenvalue weighted by Crippen LogP contribution is -2.01. The molecule has 1 rings (SSSR count). The topological polar surface area (TPSA) is 62.8 Å². The molecule has 0 aliphatic rings. The number of nitrogen functional groups attached to an aromatic ring is 1. The molecule has 72 valence electrons. The molecule has 0 aromatic carbocycles. The van der Waals surface area contributed by atoms with Crippen molar-refractivity contribution in [3.63, 3.8) is 0 Å². The van der Waals surface area contributed by atoms with Gasteiger partial charge in [0.2, 0.25) is 0 Å². The zero-order valence-electron chi connectivity index (χ0n) is 8.06. The van der Waals surface area contributed by atoms with Gasteiger partial charge in [-0.3, -0.25) is 0 Å². The van der Waals surface area contributed by atoms with Gasteiger partial charge in [-0.05, 0) is 28.9 Å². The predicted molar refractivity (Wildman–Crippen MR) is 60.2 cm³/mol. The first kappa shape index (κ1) is 12.1. The Bertz CT molecular complexity index is 297. The second kappa shape index (κ2) is 5.70. The number of nitrogens with one attached hydrogen (secondary N) is 1. The number of hydrogen-bond acceptors (Lipinski definition) is 3. The van der Waals surface area contributed by atoms with E-state index in [2.05, 4.69) is 20.9 Å². The highest BCUT2D eigenvalue weighted by molar-refractivity contribution is 9.10. The third-order valence-corrected chi connectivity index (χ3v) is 1.72. The van der Waals surface area contributed by atoms with Crippen LogP contribution in [0.2, 0.25) is 0 Å². The highest BCUT2D eigenvalue weighted by Gasteiger charge is 2.02. The molecule has 1 aromatic rings. The highest BCUT2D eigenvalue weighted by atomic mass is 79.9. The Morgan fingerprint density at radius 1 is 1.54 bits per heavy atom. The molecule has 0 atom stereocenters. The van der Waals surface area contributed by atoms with E-state index in [1.165, 1.54) is 0 Å². The summed E-state index contributed by atoms with van der Waals surface area (Å²) in [4.78, 5) is 3.89. The molecule has 0 aliphatic heterocycles. The molecule has 13 heavy (non-hydrogen) atoms. The summed E-state index contributed by atoms with van der Waals surface area (Å²) >= 11 is 3.25. The van der Waals surface area contributed by atoms with E-state index < -0.39 is 0 Å². The molecule has 1 aromatic heterocycles. The molecule has 0 radical (unpaired) electrons. The van der Waals surface area contributed by atoms with Crippen LogP contribution in [0.15, 0.2) is 16.7 Å². The minimum atomic E-state index is 0.403. The SMILES string of the molecule is CC.CC(=N)c1cc(Br)cnc1N. The standard InChI is InChI=1S/C7H8BrN3.C2H6/c1-4(9)6-2-5(8)3-11-7(6)10;1-2/h2-3,9H,1H3,(H2,10,11);1-2H3. The van der Waals surface area contributed by atoms with Crippen molar-refractivity contribution in [1.82, 2.24) is 4.98 Å². The molecule has 0 amide bonds. The van der Waals surface area contributed by atoms with Crippen molar-refractivity contribution < 1.29 is 0 Å². The van der Waals surface area contributed by atoms with Crippen LogP contribution in [0.3, 0.4) is 0 Å². The van der Waals surface area contributed by atoms with Gasteiger partial charge in [0.1, 0.15) is 5.82 Å². The molecule has 0 unspecified atom stereocenters. The first-order valence-corrected chi connectivity index (χ1v) is 4.87. The van der Waals surface area contributed by atoms with Gasteiger partial charge in [0.25, 0.3) is 0 Å². The molecule has 0 saturated carbocycles. The summed E-state index contributed by atoms with van der Waals surface area (Å²) in [6.07, 6.45) is 1.61. The van der Waals surface area contributed by atoms with Gasteiger partial charge in [-0.15, -0.1) is 0 Å². The number of hydrogen-bond donors (Lipinski definition) is 2. The van der Waals surface area contributed by atoms with Crippen LogP contribution in [0, 0.1) is 5.41 Å². The molecule has 0 fully saturated rings. The third-order valence-electron chi connectivity index (χ3n) is 1.29. The van der Waals surface area contributed by atoms with Crippen molar-refractivity contribution in [3.05, 3.63) is 22.3 Å². The van der Waals surface area contributed by atoms with Crippen LogP contribution in [0.1, 0.15) is 26.3 Å². The fourth-order valence-electron chi connectivity index (χ4n) is 0.750. The van der Waals surface area contributed by atoms with Gasteiger partial charge >= 0.3 is 0 Å². The lowest BCUT2D eigenvalue weighted by atomic mass is 10.2. The van der Waals surface area contributed by atoms with Crippen molar-refractivity contribution in [2.45, 2.75) is 20.8 Å². The second-order valence-electron chi connectivity index (χ2n) is 2.21. The van der Waals surface area contributed by atoms with Gasteiger partial charge in [0.05, 0.1) is 0 Å². The van der Waals surface area contributed by atoms with E-state index in [-0.39, 0.29) is 0 Å². The van der Waals surface area contributed by atoms with E-state index in [0.717, 1.165) is 4.47 Å². The Hall–Kier alpha value is -0.900. The molecule has 0 spiro atoms. The van der Waals surface area contributed by atoms with E-state index >= 15 is 0 Å². The molecule has 0 bridgehead atoms. The van der Waals surface area contributed by atoms with Crippen LogP contribution in [0.5, 0.6) is 0 Å². The van der Waals surface area contributed by atoms with Crippen molar-refractivity contribution >= 4 is 27.5 Å². The molecule has 0 saturated heterocycles. The number of nitrogens with two attached hydrogens (primary N) is 1. The predicted octanol–water partition coefficient (Wildman–Crippen LogP) is 2.84. The van der Waals surface area contributed by atoms with E-state index in [0.29, 0.717) is 17.1 Å². The molecular weight excluding hydrogens is 230 g/mol. The number of nitrogens with zero attached hydrogens (tertiary/aromatic N) is 1. The Morgan fingerprint density at radius 3 is 2.46 bits per heavy atom. The van der Waals surface area contributed by atoms with E-state index in [4.69, 9.17) is 11.1 Å². The van der Waals surface area contributed by atoms with Crippen LogP contribution in [-0.2, 0) is 0 Å². The maximum Gasteiger partial charge on any atom is 0.132 e. The van der Waals surface area contributed by atoms with Gasteiger partial charge in [-0.2, -0.15) is 0 Å². The minimum absolute atomic E-state index is 0.403. The first-order chi connectivity index (χ1) is 6.11. The van der Waals surface area contributed by atoms with E-state index in [1.807, 2.05) is 13.8 Å². The Balaban J connectivity index is 0.000000671. The summed E-state index contributed by atoms with van der Waals surface area (Å²) in [5, 5.41) is 7.33. The maximum absolute atomic E-state index is 7.33. The van der Waals surface area contributed by atoms with Gasteiger partial charge in [0.15, 0.2) is 0 Å². The van der Waals surface area contributed by atoms with Gasteiger partial charge in [-0.25, -0.2) is 4.98 Å². The summed E-state index contributed by atoms with van der Waals surface area (Å²) in [5.74, 6) is 0.403. The van der Waals surface area contributed by atoms with Crippen LogP contribution in [-0.4, -0.2) is 10.7 Å². The summed E-state index contributed by atoms with van der Waals surface area (Å²) in [6, 6.07) is 1.78. The number of pyridine rings is 1. The number of anilines is 1. The maximum atomic E-state index is 7.33. The van der Waals surface area contributed by atoms with Crippen molar-refractivity contribution in [3.8, 4) is 0 Å². The minimum Gasteiger partial charge on any atom is -0.383 e. The molecular formula is C9H14BrN3. The lowest BCUT2D eigenvalue weighted by molar-refractivity contribution is 1.29. The van der Waals surface area contributed by atoms with Crippen LogP contribution >= 0.6 is 15.9 Å². The molecule has 0 aliphatic carbocycles. The summed E-state index contributed by atoms with van der Waals surface area (Å²) in [7, 11) is 0. The van der Waals surface area contributed by atoms with E-state index in [9.17, 15) is 0 Å².